The molecule has 1 aromatic rings. The molecule has 80 valence electrons. The Morgan fingerprint density at radius 2 is 2.27 bits per heavy atom. The van der Waals surface area contributed by atoms with Gasteiger partial charge in [-0.15, -0.1) is 0 Å². The second kappa shape index (κ2) is 6.12. The molecule has 3 nitrogen and oxygen atoms in total. The summed E-state index contributed by atoms with van der Waals surface area (Å²) in [6.07, 6.45) is 0.948. The Kier molecular flexibility index (Phi) is 4.74. The van der Waals surface area contributed by atoms with Crippen LogP contribution in [-0.2, 0) is 4.74 Å². The van der Waals surface area contributed by atoms with E-state index >= 15 is 0 Å². The molecule has 0 atom stereocenters. The Hall–Kier alpha value is -1.45. The van der Waals surface area contributed by atoms with Crippen molar-refractivity contribution in [1.82, 2.24) is 0 Å². The summed E-state index contributed by atoms with van der Waals surface area (Å²) in [7, 11) is 2.04. The van der Waals surface area contributed by atoms with E-state index in [9.17, 15) is 4.79 Å². The van der Waals surface area contributed by atoms with Crippen LogP contribution in [0.2, 0.25) is 6.32 Å². The second-order valence-electron chi connectivity index (χ2n) is 3.10. The van der Waals surface area contributed by atoms with Crippen LogP contribution in [0.15, 0.2) is 24.3 Å². The van der Waals surface area contributed by atoms with Gasteiger partial charge in [0.25, 0.3) is 0 Å². The molecule has 15 heavy (non-hydrogen) atoms. The summed E-state index contributed by atoms with van der Waals surface area (Å²) >= 11 is 0. The summed E-state index contributed by atoms with van der Waals surface area (Å²) in [4.78, 5) is 11.4. The number of hydrogen-bond donors (Lipinski definition) is 0. The maximum Gasteiger partial charge on any atom is 0.338 e. The Morgan fingerprint density at radius 1 is 1.47 bits per heavy atom. The van der Waals surface area contributed by atoms with Crippen LogP contribution in [0.4, 0.5) is 0 Å². The number of hydrogen-bond acceptors (Lipinski definition) is 3. The number of rotatable bonds is 5. The topological polar surface area (TPSA) is 35.5 Å². The van der Waals surface area contributed by atoms with Crippen molar-refractivity contribution in [2.24, 2.45) is 0 Å². The van der Waals surface area contributed by atoms with Gasteiger partial charge in [-0.2, -0.15) is 0 Å². The minimum Gasteiger partial charge on any atom is -0.494 e. The first-order chi connectivity index (χ1) is 7.27. The van der Waals surface area contributed by atoms with Crippen LogP contribution in [0.25, 0.3) is 0 Å². The van der Waals surface area contributed by atoms with Gasteiger partial charge in [0.2, 0.25) is 0 Å². The summed E-state index contributed by atoms with van der Waals surface area (Å²) < 4.78 is 10.3. The Bertz CT molecular complexity index is 325. The van der Waals surface area contributed by atoms with Crippen LogP contribution < -0.4 is 4.74 Å². The van der Waals surface area contributed by atoms with Gasteiger partial charge < -0.3 is 9.47 Å². The number of carbonyl (C=O) groups excluding carboxylic acids is 1. The number of esters is 1. The molecule has 0 aromatic heterocycles. The average Bonchev–Trinajstić information content (AvgIpc) is 2.27. The van der Waals surface area contributed by atoms with E-state index in [0.717, 1.165) is 6.32 Å². The van der Waals surface area contributed by atoms with Gasteiger partial charge in [-0.3, -0.25) is 0 Å². The number of carbonyl (C=O) groups is 1. The lowest BCUT2D eigenvalue weighted by Gasteiger charge is -2.06. The van der Waals surface area contributed by atoms with Crippen LogP contribution in [0.5, 0.6) is 5.75 Å². The largest absolute Gasteiger partial charge is 0.494 e. The molecular weight excluding hydrogens is 191 g/mol. The zero-order valence-electron chi connectivity index (χ0n) is 9.16. The predicted molar refractivity (Wildman–Crippen MR) is 61.2 cm³/mol. The summed E-state index contributed by atoms with van der Waals surface area (Å²) in [5.41, 5.74) is 0.533. The molecule has 0 fully saturated rings. The normalized spacial score (nSPS) is 9.67. The molecule has 0 saturated heterocycles. The van der Waals surface area contributed by atoms with Gasteiger partial charge in [-0.05, 0) is 31.4 Å². The third-order valence-corrected chi connectivity index (χ3v) is 1.82. The van der Waals surface area contributed by atoms with Gasteiger partial charge in [-0.25, -0.2) is 4.79 Å². The Morgan fingerprint density at radius 3 is 2.93 bits per heavy atom. The number of ether oxygens (including phenoxy) is 2. The molecule has 0 amide bonds. The maximum absolute atomic E-state index is 11.4. The first kappa shape index (κ1) is 11.6. The molecule has 0 aliphatic rings. The zero-order valence-corrected chi connectivity index (χ0v) is 9.16. The maximum atomic E-state index is 11.4. The monoisotopic (exact) mass is 206 g/mol. The first-order valence-corrected chi connectivity index (χ1v) is 5.18. The highest BCUT2D eigenvalue weighted by atomic mass is 16.5. The van der Waals surface area contributed by atoms with Crippen LogP contribution in [0, 0.1) is 0 Å². The highest BCUT2D eigenvalue weighted by Gasteiger charge is 2.06. The van der Waals surface area contributed by atoms with Gasteiger partial charge in [0.1, 0.15) is 13.6 Å². The third kappa shape index (κ3) is 3.66. The minimum absolute atomic E-state index is 0.306. The Balaban J connectivity index is 2.69. The molecule has 0 radical (unpaired) electrons. The smallest absolute Gasteiger partial charge is 0.338 e. The van der Waals surface area contributed by atoms with Crippen molar-refractivity contribution < 1.29 is 14.3 Å². The molecule has 1 rings (SSSR count). The molecule has 0 heterocycles. The summed E-state index contributed by atoms with van der Waals surface area (Å²) in [6, 6.07) is 7.04. The molecule has 0 aliphatic carbocycles. The van der Waals surface area contributed by atoms with Gasteiger partial charge in [0, 0.05) is 0 Å². The third-order valence-electron chi connectivity index (χ3n) is 1.82. The predicted octanol–water partition coefficient (Wildman–Crippen LogP) is 1.29. The lowest BCUT2D eigenvalue weighted by atomic mass is 10.1. The highest BCUT2D eigenvalue weighted by Crippen LogP contribution is 2.14. The standard InChI is InChI=1S/C11H15BO3/c1-2-14-11(13)9-4-3-5-10(8-9)15-7-6-12/h3-5,8H,2,6-7,12H2,1H3. The molecule has 0 saturated carbocycles. The van der Waals surface area contributed by atoms with Crippen LogP contribution in [0.3, 0.4) is 0 Å². The lowest BCUT2D eigenvalue weighted by molar-refractivity contribution is 0.0526. The summed E-state index contributed by atoms with van der Waals surface area (Å²) in [5.74, 6) is 0.404. The fourth-order valence-electron chi connectivity index (χ4n) is 1.15. The average molecular weight is 206 g/mol. The molecule has 0 unspecified atom stereocenters. The van der Waals surface area contributed by atoms with Crippen LogP contribution >= 0.6 is 0 Å². The van der Waals surface area contributed by atoms with E-state index in [1.807, 2.05) is 13.9 Å². The second-order valence-corrected chi connectivity index (χ2v) is 3.10. The van der Waals surface area contributed by atoms with Crippen molar-refractivity contribution in [3.05, 3.63) is 29.8 Å². The summed E-state index contributed by atoms with van der Waals surface area (Å²) in [5, 5.41) is 0. The van der Waals surface area contributed by atoms with Crippen LogP contribution in [0.1, 0.15) is 17.3 Å². The van der Waals surface area contributed by atoms with Crippen molar-refractivity contribution >= 4 is 13.8 Å². The number of benzene rings is 1. The molecule has 0 N–H and O–H groups in total. The SMILES string of the molecule is BCCOc1cccc(C(=O)OCC)c1. The molecular formula is C11H15BO3. The lowest BCUT2D eigenvalue weighted by Crippen LogP contribution is -2.05. The van der Waals surface area contributed by atoms with E-state index in [0.29, 0.717) is 24.5 Å². The fourth-order valence-corrected chi connectivity index (χ4v) is 1.15. The molecule has 0 aliphatic heterocycles. The van der Waals surface area contributed by atoms with Crippen molar-refractivity contribution in [1.29, 1.82) is 0 Å². The molecule has 0 spiro atoms. The molecule has 1 aromatic carbocycles. The summed E-state index contributed by atoms with van der Waals surface area (Å²) in [6.45, 7) is 2.83. The van der Waals surface area contributed by atoms with E-state index in [4.69, 9.17) is 9.47 Å². The van der Waals surface area contributed by atoms with Gasteiger partial charge in [0.05, 0.1) is 18.8 Å². The van der Waals surface area contributed by atoms with Crippen molar-refractivity contribution in [3.8, 4) is 5.75 Å². The van der Waals surface area contributed by atoms with Gasteiger partial charge in [0.15, 0.2) is 0 Å². The minimum atomic E-state index is -0.306. The zero-order chi connectivity index (χ0) is 11.1. The van der Waals surface area contributed by atoms with Crippen molar-refractivity contribution in [3.63, 3.8) is 0 Å². The first-order valence-electron chi connectivity index (χ1n) is 5.18. The van der Waals surface area contributed by atoms with Crippen LogP contribution in [-0.4, -0.2) is 27.0 Å². The van der Waals surface area contributed by atoms with Gasteiger partial charge in [-0.1, -0.05) is 6.07 Å². The van der Waals surface area contributed by atoms with E-state index < -0.39 is 0 Å². The van der Waals surface area contributed by atoms with Gasteiger partial charge >= 0.3 is 5.97 Å². The van der Waals surface area contributed by atoms with E-state index in [-0.39, 0.29) is 5.97 Å². The van der Waals surface area contributed by atoms with Crippen molar-refractivity contribution in [2.45, 2.75) is 13.2 Å². The highest BCUT2D eigenvalue weighted by molar-refractivity contribution is 6.08. The van der Waals surface area contributed by atoms with Crippen molar-refractivity contribution in [2.75, 3.05) is 13.2 Å². The molecule has 4 heteroatoms. The van der Waals surface area contributed by atoms with E-state index in [2.05, 4.69) is 0 Å². The quantitative estimate of drug-likeness (QED) is 0.537. The van der Waals surface area contributed by atoms with E-state index in [1.54, 1.807) is 25.1 Å². The van der Waals surface area contributed by atoms with E-state index in [1.165, 1.54) is 0 Å². The molecule has 0 bridgehead atoms. The fraction of sp³-hybridized carbons (Fsp3) is 0.364. The Labute approximate surface area is 90.8 Å².